The molecule has 1 unspecified atom stereocenters. The molecule has 1 fully saturated rings. The number of hydrogen-bond donors (Lipinski definition) is 2. The van der Waals surface area contributed by atoms with E-state index in [1.54, 1.807) is 6.08 Å². The molecule has 3 nitrogen and oxygen atoms in total. The van der Waals surface area contributed by atoms with Crippen molar-refractivity contribution >= 4 is 5.91 Å². The topological polar surface area (TPSA) is 41.1 Å². The first-order valence-electron chi connectivity index (χ1n) is 6.29. The van der Waals surface area contributed by atoms with Crippen molar-refractivity contribution in [2.75, 3.05) is 13.1 Å². The predicted molar refractivity (Wildman–Crippen MR) is 67.2 cm³/mol. The second kappa shape index (κ2) is 6.04. The van der Waals surface area contributed by atoms with Gasteiger partial charge in [0.1, 0.15) is 0 Å². The van der Waals surface area contributed by atoms with Gasteiger partial charge in [-0.15, -0.1) is 6.58 Å². The third-order valence-corrected chi connectivity index (χ3v) is 3.48. The van der Waals surface area contributed by atoms with E-state index in [0.29, 0.717) is 0 Å². The van der Waals surface area contributed by atoms with Crippen LogP contribution in [0.15, 0.2) is 12.7 Å². The van der Waals surface area contributed by atoms with Gasteiger partial charge in [-0.25, -0.2) is 0 Å². The summed E-state index contributed by atoms with van der Waals surface area (Å²) in [4.78, 5) is 12.3. The van der Waals surface area contributed by atoms with Crippen molar-refractivity contribution in [2.45, 2.75) is 45.6 Å². The Hall–Kier alpha value is -0.830. The minimum Gasteiger partial charge on any atom is -0.350 e. The largest absolute Gasteiger partial charge is 0.350 e. The van der Waals surface area contributed by atoms with E-state index in [0.717, 1.165) is 38.8 Å². The standard InChI is InChI=1S/C13H24N2O/c1-4-6-13(7-9-14-10-8-13)12(16)15-11(3)5-2/h5,11,14H,2,4,6-10H2,1,3H3,(H,15,16). The van der Waals surface area contributed by atoms with Crippen LogP contribution in [0, 0.1) is 5.41 Å². The van der Waals surface area contributed by atoms with E-state index in [-0.39, 0.29) is 17.4 Å². The van der Waals surface area contributed by atoms with Crippen LogP contribution in [0.25, 0.3) is 0 Å². The van der Waals surface area contributed by atoms with Gasteiger partial charge in [0, 0.05) is 6.04 Å². The van der Waals surface area contributed by atoms with Crippen LogP contribution in [0.2, 0.25) is 0 Å². The Labute approximate surface area is 98.7 Å². The van der Waals surface area contributed by atoms with Gasteiger partial charge in [0.2, 0.25) is 5.91 Å². The van der Waals surface area contributed by atoms with E-state index in [2.05, 4.69) is 24.1 Å². The maximum absolute atomic E-state index is 12.3. The second-order valence-corrected chi connectivity index (χ2v) is 4.78. The van der Waals surface area contributed by atoms with Crippen LogP contribution in [0.1, 0.15) is 39.5 Å². The minimum absolute atomic E-state index is 0.0658. The Morgan fingerprint density at radius 3 is 2.69 bits per heavy atom. The molecular weight excluding hydrogens is 200 g/mol. The molecule has 1 heterocycles. The molecule has 1 aliphatic heterocycles. The van der Waals surface area contributed by atoms with E-state index in [9.17, 15) is 4.79 Å². The molecule has 16 heavy (non-hydrogen) atoms. The Balaban J connectivity index is 2.67. The monoisotopic (exact) mass is 224 g/mol. The lowest BCUT2D eigenvalue weighted by atomic mass is 9.74. The summed E-state index contributed by atoms with van der Waals surface area (Å²) in [6, 6.07) is 0.0658. The van der Waals surface area contributed by atoms with E-state index >= 15 is 0 Å². The van der Waals surface area contributed by atoms with Gasteiger partial charge in [-0.3, -0.25) is 4.79 Å². The molecule has 92 valence electrons. The number of hydrogen-bond acceptors (Lipinski definition) is 2. The molecule has 1 atom stereocenters. The number of rotatable bonds is 5. The summed E-state index contributed by atoms with van der Waals surface area (Å²) >= 11 is 0. The Morgan fingerprint density at radius 2 is 2.19 bits per heavy atom. The maximum atomic E-state index is 12.3. The lowest BCUT2D eigenvalue weighted by Gasteiger charge is -2.36. The van der Waals surface area contributed by atoms with Gasteiger partial charge < -0.3 is 10.6 Å². The first-order valence-corrected chi connectivity index (χ1v) is 6.29. The predicted octanol–water partition coefficient (Wildman–Crippen LogP) is 1.85. The smallest absolute Gasteiger partial charge is 0.226 e. The Morgan fingerprint density at radius 1 is 1.56 bits per heavy atom. The average Bonchev–Trinajstić information content (AvgIpc) is 2.30. The van der Waals surface area contributed by atoms with Crippen LogP contribution in [0.5, 0.6) is 0 Å². The fourth-order valence-corrected chi connectivity index (χ4v) is 2.39. The van der Waals surface area contributed by atoms with Crippen LogP contribution in [-0.2, 0) is 4.79 Å². The van der Waals surface area contributed by atoms with Crippen molar-refractivity contribution in [1.29, 1.82) is 0 Å². The van der Waals surface area contributed by atoms with E-state index < -0.39 is 0 Å². The molecule has 0 saturated carbocycles. The highest BCUT2D eigenvalue weighted by molar-refractivity contribution is 5.83. The van der Waals surface area contributed by atoms with Crippen molar-refractivity contribution in [3.8, 4) is 0 Å². The highest BCUT2D eigenvalue weighted by Gasteiger charge is 2.38. The van der Waals surface area contributed by atoms with E-state index in [1.807, 2.05) is 6.92 Å². The van der Waals surface area contributed by atoms with E-state index in [1.165, 1.54) is 0 Å². The fourth-order valence-electron chi connectivity index (χ4n) is 2.39. The molecule has 1 aliphatic rings. The average molecular weight is 224 g/mol. The van der Waals surface area contributed by atoms with Crippen molar-refractivity contribution in [2.24, 2.45) is 5.41 Å². The minimum atomic E-state index is -0.142. The van der Waals surface area contributed by atoms with Gasteiger partial charge in [-0.2, -0.15) is 0 Å². The number of amides is 1. The SMILES string of the molecule is C=CC(C)NC(=O)C1(CCC)CCNCC1. The van der Waals surface area contributed by atoms with Crippen molar-refractivity contribution in [3.63, 3.8) is 0 Å². The van der Waals surface area contributed by atoms with Gasteiger partial charge in [-0.1, -0.05) is 19.4 Å². The van der Waals surface area contributed by atoms with Crippen molar-refractivity contribution in [3.05, 3.63) is 12.7 Å². The lowest BCUT2D eigenvalue weighted by molar-refractivity contribution is -0.133. The zero-order valence-electron chi connectivity index (χ0n) is 10.5. The first-order chi connectivity index (χ1) is 7.64. The molecule has 1 rings (SSSR count). The van der Waals surface area contributed by atoms with Crippen LogP contribution >= 0.6 is 0 Å². The lowest BCUT2D eigenvalue weighted by Crippen LogP contribution is -2.49. The number of carbonyl (C=O) groups excluding carboxylic acids is 1. The molecule has 0 aliphatic carbocycles. The summed E-state index contributed by atoms with van der Waals surface area (Å²) in [5.74, 6) is 0.211. The highest BCUT2D eigenvalue weighted by atomic mass is 16.2. The fraction of sp³-hybridized carbons (Fsp3) is 0.769. The Bertz CT molecular complexity index is 239. The molecule has 1 saturated heterocycles. The third-order valence-electron chi connectivity index (χ3n) is 3.48. The molecule has 0 radical (unpaired) electrons. The zero-order chi connectivity index (χ0) is 12.0. The molecule has 0 aromatic rings. The summed E-state index contributed by atoms with van der Waals surface area (Å²) in [5.41, 5.74) is -0.142. The second-order valence-electron chi connectivity index (χ2n) is 4.78. The quantitative estimate of drug-likeness (QED) is 0.700. The normalized spacial score (nSPS) is 21.1. The van der Waals surface area contributed by atoms with Crippen LogP contribution in [-0.4, -0.2) is 25.0 Å². The summed E-state index contributed by atoms with van der Waals surface area (Å²) in [6.45, 7) is 9.72. The number of nitrogens with one attached hydrogen (secondary N) is 2. The van der Waals surface area contributed by atoms with Crippen molar-refractivity contribution in [1.82, 2.24) is 10.6 Å². The molecule has 0 spiro atoms. The van der Waals surface area contributed by atoms with Crippen molar-refractivity contribution < 1.29 is 4.79 Å². The number of carbonyl (C=O) groups is 1. The molecule has 0 aromatic carbocycles. The van der Waals surface area contributed by atoms with Gasteiger partial charge in [0.25, 0.3) is 0 Å². The molecular formula is C13H24N2O. The molecule has 0 aromatic heterocycles. The summed E-state index contributed by atoms with van der Waals surface area (Å²) in [6.07, 6.45) is 5.74. The molecule has 3 heteroatoms. The molecule has 0 bridgehead atoms. The van der Waals surface area contributed by atoms with Gasteiger partial charge in [0.05, 0.1) is 5.41 Å². The Kier molecular flexibility index (Phi) is 5.00. The molecule has 1 amide bonds. The molecule has 2 N–H and O–H groups in total. The van der Waals surface area contributed by atoms with Crippen LogP contribution in [0.3, 0.4) is 0 Å². The summed E-state index contributed by atoms with van der Waals surface area (Å²) in [5, 5.41) is 6.36. The van der Waals surface area contributed by atoms with Crippen LogP contribution in [0.4, 0.5) is 0 Å². The van der Waals surface area contributed by atoms with E-state index in [4.69, 9.17) is 0 Å². The maximum Gasteiger partial charge on any atom is 0.226 e. The highest BCUT2D eigenvalue weighted by Crippen LogP contribution is 2.34. The third kappa shape index (κ3) is 3.08. The van der Waals surface area contributed by atoms with Crippen LogP contribution < -0.4 is 10.6 Å². The first kappa shape index (κ1) is 13.2. The van der Waals surface area contributed by atoms with Gasteiger partial charge in [-0.05, 0) is 39.3 Å². The zero-order valence-corrected chi connectivity index (χ0v) is 10.5. The van der Waals surface area contributed by atoms with Gasteiger partial charge >= 0.3 is 0 Å². The van der Waals surface area contributed by atoms with Gasteiger partial charge in [0.15, 0.2) is 0 Å². The number of piperidine rings is 1. The summed E-state index contributed by atoms with van der Waals surface area (Å²) < 4.78 is 0. The summed E-state index contributed by atoms with van der Waals surface area (Å²) in [7, 11) is 0.